The minimum absolute atomic E-state index is 0.0608. The number of fused-ring (bicyclic) bond motifs is 2. The lowest BCUT2D eigenvalue weighted by molar-refractivity contribution is -0.255. The lowest BCUT2D eigenvalue weighted by Gasteiger charge is -2.60. The van der Waals surface area contributed by atoms with E-state index >= 15 is 0 Å². The van der Waals surface area contributed by atoms with Gasteiger partial charge in [-0.1, -0.05) is 110 Å². The number of unbranched alkanes of at least 4 members (excludes halogenated alkanes) is 2. The molecule has 11 nitrogen and oxygen atoms in total. The Bertz CT molecular complexity index is 2260. The Hall–Kier alpha value is -5.46. The summed E-state index contributed by atoms with van der Waals surface area (Å²) in [5.74, 6) is 0.0945. The highest BCUT2D eigenvalue weighted by Crippen LogP contribution is 2.62. The monoisotopic (exact) mass is 915 g/mol. The van der Waals surface area contributed by atoms with E-state index in [1.807, 2.05) is 100 Å². The van der Waals surface area contributed by atoms with Crippen LogP contribution in [0.25, 0.3) is 11.1 Å². The fourth-order valence-corrected chi connectivity index (χ4v) is 10.0. The van der Waals surface area contributed by atoms with Crippen LogP contribution in [-0.4, -0.2) is 83.9 Å². The van der Waals surface area contributed by atoms with Crippen LogP contribution in [0.4, 0.5) is 4.79 Å². The number of oxime groups is 1. The molecule has 0 unspecified atom stereocenters. The molecule has 7 rings (SSSR count). The maximum atomic E-state index is 14.6. The van der Waals surface area contributed by atoms with E-state index in [1.165, 1.54) is 0 Å². The molecule has 11 heteroatoms. The number of benzene rings is 4. The third-order valence-electron chi connectivity index (χ3n) is 12.9. The maximum absolute atomic E-state index is 14.6. The van der Waals surface area contributed by atoms with Crippen LogP contribution < -0.4 is 9.47 Å². The highest BCUT2D eigenvalue weighted by molar-refractivity contribution is 6.03. The predicted octanol–water partition coefficient (Wildman–Crippen LogP) is 11.6. The summed E-state index contributed by atoms with van der Waals surface area (Å²) in [6.07, 6.45) is 9.16. The smallest absolute Gasteiger partial charge is 0.410 e. The molecule has 4 aromatic carbocycles. The van der Waals surface area contributed by atoms with Gasteiger partial charge in [-0.2, -0.15) is 0 Å². The Morgan fingerprint density at radius 2 is 1.57 bits per heavy atom. The number of carbonyl (C=O) groups excluding carboxylic acids is 1. The first-order chi connectivity index (χ1) is 32.6. The molecule has 0 radical (unpaired) electrons. The highest BCUT2D eigenvalue weighted by atomic mass is 16.7. The summed E-state index contributed by atoms with van der Waals surface area (Å²) < 4.78 is 33.1. The molecular weight excluding hydrogens is 845 g/mol. The van der Waals surface area contributed by atoms with Crippen LogP contribution in [0.1, 0.15) is 96.1 Å². The van der Waals surface area contributed by atoms with Crippen LogP contribution in [-0.2, 0) is 25.7 Å². The average molecular weight is 915 g/mol. The van der Waals surface area contributed by atoms with Crippen LogP contribution in [0.3, 0.4) is 0 Å². The van der Waals surface area contributed by atoms with E-state index < -0.39 is 29.4 Å². The summed E-state index contributed by atoms with van der Waals surface area (Å²) in [7, 11) is 0. The van der Waals surface area contributed by atoms with Crippen LogP contribution >= 0.6 is 0 Å². The molecule has 6 atom stereocenters. The Morgan fingerprint density at radius 3 is 2.25 bits per heavy atom. The molecule has 1 heterocycles. The van der Waals surface area contributed by atoms with Crippen molar-refractivity contribution in [2.75, 3.05) is 39.6 Å². The molecule has 1 aliphatic heterocycles. The standard InChI is InChI=1S/C56H70N2O9/c1-6-30-58(54(61)63-35-34-62-39-40-18-10-8-11-19-40)51-38-49(57-67-55(3,4)5)47-36-43(22-14-16-31-59)46(23-15-17-32-60)52-48-37-45(28-29-50(48)66-56(51,53(47)52)64-33-7-2)65-44-26-24-42(25-27-44)41-20-12-9-13-21-41/h7-13,18-21,24-29,36-37,43,46,51-53,59-60H,2,6,14-17,22-23,30-35,38-39H2,1,3-5H3/t43-,46+,51-,52+,53+,56+/m0/s1. The van der Waals surface area contributed by atoms with Gasteiger partial charge in [0, 0.05) is 37.7 Å². The van der Waals surface area contributed by atoms with Gasteiger partial charge in [-0.25, -0.2) is 4.79 Å². The molecule has 0 saturated heterocycles. The maximum Gasteiger partial charge on any atom is 0.410 e. The van der Waals surface area contributed by atoms with Gasteiger partial charge in [0.15, 0.2) is 0 Å². The molecule has 1 fully saturated rings. The van der Waals surface area contributed by atoms with E-state index in [1.54, 1.807) is 11.0 Å². The normalized spacial score (nSPS) is 22.4. The molecule has 0 bridgehead atoms. The topological polar surface area (TPSA) is 129 Å². The van der Waals surface area contributed by atoms with E-state index in [4.69, 9.17) is 33.7 Å². The number of allylic oxidation sites excluding steroid dienone is 1. The van der Waals surface area contributed by atoms with Crippen molar-refractivity contribution in [1.29, 1.82) is 0 Å². The summed E-state index contributed by atoms with van der Waals surface area (Å²) >= 11 is 0. The van der Waals surface area contributed by atoms with Crippen molar-refractivity contribution in [2.45, 2.75) is 109 Å². The first-order valence-electron chi connectivity index (χ1n) is 24.2. The number of nitrogens with zero attached hydrogens (tertiary/aromatic N) is 2. The minimum Gasteiger partial charge on any atom is -0.459 e. The number of hydrogen-bond donors (Lipinski definition) is 2. The molecular formula is C56H70N2O9. The number of amides is 1. The Labute approximate surface area is 397 Å². The van der Waals surface area contributed by atoms with E-state index in [-0.39, 0.29) is 57.2 Å². The van der Waals surface area contributed by atoms with Crippen molar-refractivity contribution in [3.63, 3.8) is 0 Å². The Morgan fingerprint density at radius 1 is 0.881 bits per heavy atom. The second kappa shape index (κ2) is 23.5. The fourth-order valence-electron chi connectivity index (χ4n) is 10.0. The van der Waals surface area contributed by atoms with Gasteiger partial charge in [0.1, 0.15) is 35.5 Å². The van der Waals surface area contributed by atoms with E-state index in [0.717, 1.165) is 59.2 Å². The number of aliphatic hydroxyl groups is 2. The first-order valence-corrected chi connectivity index (χ1v) is 24.2. The SMILES string of the molecule is C=CCO[C@@]12Oc3ccc(Oc4ccc(-c5ccccc5)cc4)cc3[C@H]3[C@H](CCCCO)[C@@H](CCCCO)C=C(C(=NOC(C)(C)C)C[C@@H]1N(CCC)C(=O)OCCOCc1ccccc1)[C@H]32. The molecule has 1 saturated carbocycles. The third-order valence-corrected chi connectivity index (χ3v) is 12.9. The molecule has 2 aliphatic carbocycles. The summed E-state index contributed by atoms with van der Waals surface area (Å²) in [6, 6.07) is 33.6. The van der Waals surface area contributed by atoms with Crippen molar-refractivity contribution in [1.82, 2.24) is 4.90 Å². The molecule has 3 aliphatic rings. The van der Waals surface area contributed by atoms with E-state index in [9.17, 15) is 15.0 Å². The largest absolute Gasteiger partial charge is 0.459 e. The van der Waals surface area contributed by atoms with Crippen LogP contribution in [0.2, 0.25) is 0 Å². The number of hydrogen-bond acceptors (Lipinski definition) is 10. The lowest BCUT2D eigenvalue weighted by atomic mass is 9.55. The van der Waals surface area contributed by atoms with Crippen molar-refractivity contribution < 1.29 is 43.5 Å². The number of ether oxygens (including phenoxy) is 5. The lowest BCUT2D eigenvalue weighted by Crippen LogP contribution is -2.70. The zero-order valence-electron chi connectivity index (χ0n) is 39.8. The Balaban J connectivity index is 1.33. The van der Waals surface area contributed by atoms with Crippen LogP contribution in [0.5, 0.6) is 17.2 Å². The van der Waals surface area contributed by atoms with Gasteiger partial charge >= 0.3 is 6.09 Å². The molecule has 0 aromatic heterocycles. The number of rotatable bonds is 23. The van der Waals surface area contributed by atoms with Crippen molar-refractivity contribution in [3.8, 4) is 28.4 Å². The minimum atomic E-state index is -1.41. The zero-order valence-corrected chi connectivity index (χ0v) is 39.8. The zero-order chi connectivity index (χ0) is 47.2. The molecule has 4 aromatic rings. The number of aliphatic hydroxyl groups excluding tert-OH is 2. The van der Waals surface area contributed by atoms with Gasteiger partial charge < -0.3 is 38.7 Å². The van der Waals surface area contributed by atoms with Gasteiger partial charge in [0.25, 0.3) is 0 Å². The summed E-state index contributed by atoms with van der Waals surface area (Å²) in [4.78, 5) is 22.6. The van der Waals surface area contributed by atoms with Gasteiger partial charge in [0.05, 0.1) is 31.5 Å². The second-order valence-electron chi connectivity index (χ2n) is 18.8. The summed E-state index contributed by atoms with van der Waals surface area (Å²) in [5.41, 5.74) is 5.34. The van der Waals surface area contributed by atoms with Crippen molar-refractivity contribution >= 4 is 11.8 Å². The van der Waals surface area contributed by atoms with Gasteiger partial charge in [0.2, 0.25) is 5.79 Å². The van der Waals surface area contributed by atoms with Crippen LogP contribution in [0.15, 0.2) is 133 Å². The van der Waals surface area contributed by atoms with Crippen molar-refractivity contribution in [3.05, 3.63) is 139 Å². The quantitative estimate of drug-likeness (QED) is 0.0424. The van der Waals surface area contributed by atoms with Gasteiger partial charge in [-0.15, -0.1) is 6.58 Å². The molecule has 1 amide bonds. The molecule has 358 valence electrons. The summed E-state index contributed by atoms with van der Waals surface area (Å²) in [6.45, 7) is 13.5. The highest BCUT2D eigenvalue weighted by Gasteiger charge is 2.65. The molecule has 67 heavy (non-hydrogen) atoms. The fraction of sp³-hybridized carbons (Fsp3) is 0.464. The van der Waals surface area contributed by atoms with Crippen molar-refractivity contribution in [2.24, 2.45) is 22.9 Å². The predicted molar refractivity (Wildman–Crippen MR) is 262 cm³/mol. The number of carbonyl (C=O) groups is 1. The van der Waals surface area contributed by atoms with E-state index in [0.29, 0.717) is 49.7 Å². The average Bonchev–Trinajstić information content (AvgIpc) is 3.33. The molecule has 0 spiro atoms. The second-order valence-corrected chi connectivity index (χ2v) is 18.8. The summed E-state index contributed by atoms with van der Waals surface area (Å²) in [5, 5.41) is 25.0. The van der Waals surface area contributed by atoms with E-state index in [2.05, 4.69) is 43.0 Å². The Kier molecular flexibility index (Phi) is 17.4. The van der Waals surface area contributed by atoms with Gasteiger partial charge in [-0.05, 0) is 117 Å². The third kappa shape index (κ3) is 12.2. The van der Waals surface area contributed by atoms with Gasteiger partial charge in [-0.3, -0.25) is 4.90 Å². The first kappa shape index (κ1) is 49.4. The molecule has 2 N–H and O–H groups in total. The van der Waals surface area contributed by atoms with Crippen LogP contribution in [0, 0.1) is 17.8 Å².